The molecule has 0 spiro atoms. The van der Waals surface area contributed by atoms with Crippen LogP contribution in [0.1, 0.15) is 23.2 Å². The topological polar surface area (TPSA) is 43.4 Å². The largest absolute Gasteiger partial charge is 0.377 e. The van der Waals surface area contributed by atoms with Crippen LogP contribution in [0, 0.1) is 5.82 Å². The Labute approximate surface area is 108 Å². The van der Waals surface area contributed by atoms with Crippen LogP contribution in [-0.2, 0) is 15.5 Å². The average Bonchev–Trinajstić information content (AvgIpc) is 2.82. The maximum atomic E-state index is 12.7. The summed E-state index contributed by atoms with van der Waals surface area (Å²) in [6.07, 6.45) is 1.93. The van der Waals surface area contributed by atoms with Gasteiger partial charge in [-0.2, -0.15) is 0 Å². The first-order valence-corrected chi connectivity index (χ1v) is 7.39. The number of ketones is 1. The third kappa shape index (κ3) is 3.71. The fourth-order valence-corrected chi connectivity index (χ4v) is 3.16. The molecule has 0 saturated carbocycles. The van der Waals surface area contributed by atoms with Crippen LogP contribution in [0.2, 0.25) is 0 Å². The summed E-state index contributed by atoms with van der Waals surface area (Å²) in [5, 5.41) is 0. The Bertz CT molecular complexity index is 438. The highest BCUT2D eigenvalue weighted by molar-refractivity contribution is 7.85. The van der Waals surface area contributed by atoms with Crippen molar-refractivity contribution < 1.29 is 18.1 Å². The van der Waals surface area contributed by atoms with Gasteiger partial charge in [0, 0.05) is 23.0 Å². The molecule has 1 saturated heterocycles. The minimum absolute atomic E-state index is 0.0202. The Kier molecular flexibility index (Phi) is 4.60. The van der Waals surface area contributed by atoms with E-state index in [1.54, 1.807) is 0 Å². The molecular formula is C13H15FO3S. The summed E-state index contributed by atoms with van der Waals surface area (Å²) in [6, 6.07) is 5.30. The van der Waals surface area contributed by atoms with Crippen LogP contribution in [0.3, 0.4) is 0 Å². The van der Waals surface area contributed by atoms with Crippen LogP contribution in [0.5, 0.6) is 0 Å². The molecule has 0 bridgehead atoms. The zero-order valence-corrected chi connectivity index (χ0v) is 10.7. The van der Waals surface area contributed by atoms with Crippen LogP contribution >= 0.6 is 0 Å². The Balaban J connectivity index is 1.86. The van der Waals surface area contributed by atoms with Gasteiger partial charge in [-0.25, -0.2) is 4.39 Å². The summed E-state index contributed by atoms with van der Waals surface area (Å²) >= 11 is 0. The fraction of sp³-hybridized carbons (Fsp3) is 0.462. The molecule has 98 valence electrons. The summed E-state index contributed by atoms with van der Waals surface area (Å²) in [4.78, 5) is 11.8. The van der Waals surface area contributed by atoms with Gasteiger partial charge in [0.25, 0.3) is 0 Å². The molecule has 2 atom stereocenters. The Morgan fingerprint density at radius 2 is 2.11 bits per heavy atom. The smallest absolute Gasteiger partial charge is 0.175 e. The van der Waals surface area contributed by atoms with Gasteiger partial charge in [-0.15, -0.1) is 0 Å². The van der Waals surface area contributed by atoms with Crippen LogP contribution < -0.4 is 0 Å². The van der Waals surface area contributed by atoms with Crippen molar-refractivity contribution in [2.45, 2.75) is 18.9 Å². The molecule has 1 aromatic rings. The molecule has 2 rings (SSSR count). The Hall–Kier alpha value is -1.07. The normalized spacial score (nSPS) is 20.8. The summed E-state index contributed by atoms with van der Waals surface area (Å²) in [7, 11) is -1.21. The third-order valence-corrected chi connectivity index (χ3v) is 4.18. The SMILES string of the molecule is O=C(CS(=O)CC1CCCO1)c1ccc(F)cc1. The van der Waals surface area contributed by atoms with Crippen molar-refractivity contribution in [3.05, 3.63) is 35.6 Å². The Morgan fingerprint density at radius 1 is 1.39 bits per heavy atom. The summed E-state index contributed by atoms with van der Waals surface area (Å²) < 4.78 is 29.9. The van der Waals surface area contributed by atoms with Crippen LogP contribution in [0.4, 0.5) is 4.39 Å². The molecule has 2 unspecified atom stereocenters. The van der Waals surface area contributed by atoms with Crippen LogP contribution in [-0.4, -0.2) is 34.2 Å². The molecule has 1 fully saturated rings. The van der Waals surface area contributed by atoms with E-state index in [0.717, 1.165) is 12.8 Å². The van der Waals surface area contributed by atoms with Gasteiger partial charge in [0.15, 0.2) is 5.78 Å². The zero-order chi connectivity index (χ0) is 13.0. The van der Waals surface area contributed by atoms with E-state index < -0.39 is 10.8 Å². The summed E-state index contributed by atoms with van der Waals surface area (Å²) in [5.41, 5.74) is 0.400. The van der Waals surface area contributed by atoms with Crippen LogP contribution in [0.25, 0.3) is 0 Å². The molecule has 1 aliphatic rings. The lowest BCUT2D eigenvalue weighted by Crippen LogP contribution is -2.21. The second-order valence-corrected chi connectivity index (χ2v) is 5.82. The maximum Gasteiger partial charge on any atom is 0.175 e. The van der Waals surface area contributed by atoms with E-state index in [4.69, 9.17) is 4.74 Å². The predicted molar refractivity (Wildman–Crippen MR) is 67.6 cm³/mol. The van der Waals surface area contributed by atoms with E-state index >= 15 is 0 Å². The first kappa shape index (κ1) is 13.4. The van der Waals surface area contributed by atoms with E-state index in [1.165, 1.54) is 24.3 Å². The van der Waals surface area contributed by atoms with Gasteiger partial charge >= 0.3 is 0 Å². The highest BCUT2D eigenvalue weighted by Crippen LogP contribution is 2.13. The number of benzene rings is 1. The molecule has 0 radical (unpaired) electrons. The third-order valence-electron chi connectivity index (χ3n) is 2.85. The van der Waals surface area contributed by atoms with Gasteiger partial charge in [0.1, 0.15) is 5.82 Å². The lowest BCUT2D eigenvalue weighted by Gasteiger charge is -2.08. The number of hydrogen-bond acceptors (Lipinski definition) is 3. The maximum absolute atomic E-state index is 12.7. The summed E-state index contributed by atoms with van der Waals surface area (Å²) in [6.45, 7) is 0.716. The van der Waals surface area contributed by atoms with E-state index in [0.29, 0.717) is 17.9 Å². The van der Waals surface area contributed by atoms with Gasteiger partial charge < -0.3 is 4.74 Å². The molecule has 5 heteroatoms. The monoisotopic (exact) mass is 270 g/mol. The van der Waals surface area contributed by atoms with Gasteiger partial charge in [0.2, 0.25) is 0 Å². The number of rotatable bonds is 5. The van der Waals surface area contributed by atoms with E-state index in [-0.39, 0.29) is 23.5 Å². The highest BCUT2D eigenvalue weighted by atomic mass is 32.2. The Morgan fingerprint density at radius 3 is 2.72 bits per heavy atom. The van der Waals surface area contributed by atoms with Gasteiger partial charge in [-0.05, 0) is 37.1 Å². The molecule has 0 aliphatic carbocycles. The van der Waals surface area contributed by atoms with Crippen molar-refractivity contribution in [3.63, 3.8) is 0 Å². The number of halogens is 1. The molecular weight excluding hydrogens is 255 g/mol. The van der Waals surface area contributed by atoms with E-state index in [2.05, 4.69) is 0 Å². The number of ether oxygens (including phenoxy) is 1. The van der Waals surface area contributed by atoms with Crippen molar-refractivity contribution in [3.8, 4) is 0 Å². The first-order chi connectivity index (χ1) is 8.65. The number of Topliss-reactive ketones (excluding diaryl/α,β-unsaturated/α-hetero) is 1. The molecule has 1 aromatic carbocycles. The van der Waals surface area contributed by atoms with Crippen molar-refractivity contribution in [1.82, 2.24) is 0 Å². The molecule has 0 N–H and O–H groups in total. The minimum atomic E-state index is -1.21. The zero-order valence-electron chi connectivity index (χ0n) is 9.93. The van der Waals surface area contributed by atoms with Crippen molar-refractivity contribution in [2.24, 2.45) is 0 Å². The molecule has 18 heavy (non-hydrogen) atoms. The van der Waals surface area contributed by atoms with Crippen LogP contribution in [0.15, 0.2) is 24.3 Å². The number of carbonyl (C=O) groups is 1. The predicted octanol–water partition coefficient (Wildman–Crippen LogP) is 1.94. The van der Waals surface area contributed by atoms with Crippen molar-refractivity contribution >= 4 is 16.6 Å². The molecule has 0 amide bonds. The lowest BCUT2D eigenvalue weighted by molar-refractivity contribution is 0.102. The molecule has 1 heterocycles. The standard InChI is InChI=1S/C13H15FO3S/c14-11-5-3-10(4-6-11)13(15)9-18(16)8-12-2-1-7-17-12/h3-6,12H,1-2,7-9H2. The second-order valence-electron chi connectivity index (χ2n) is 4.32. The average molecular weight is 270 g/mol. The molecule has 0 aromatic heterocycles. The van der Waals surface area contributed by atoms with Gasteiger partial charge in [0.05, 0.1) is 17.6 Å². The van der Waals surface area contributed by atoms with Gasteiger partial charge in [-0.3, -0.25) is 9.00 Å². The minimum Gasteiger partial charge on any atom is -0.377 e. The highest BCUT2D eigenvalue weighted by Gasteiger charge is 2.20. The van der Waals surface area contributed by atoms with E-state index in [1.807, 2.05) is 0 Å². The summed E-state index contributed by atoms with van der Waals surface area (Å²) in [5.74, 6) is -0.211. The first-order valence-electron chi connectivity index (χ1n) is 5.90. The van der Waals surface area contributed by atoms with Crippen molar-refractivity contribution in [2.75, 3.05) is 18.1 Å². The fourth-order valence-electron chi connectivity index (χ4n) is 1.91. The molecule has 3 nitrogen and oxygen atoms in total. The van der Waals surface area contributed by atoms with Crippen molar-refractivity contribution in [1.29, 1.82) is 0 Å². The second kappa shape index (κ2) is 6.20. The molecule has 1 aliphatic heterocycles. The quantitative estimate of drug-likeness (QED) is 0.768. The van der Waals surface area contributed by atoms with Gasteiger partial charge in [-0.1, -0.05) is 0 Å². The number of hydrogen-bond donors (Lipinski definition) is 0. The lowest BCUT2D eigenvalue weighted by atomic mass is 10.1. The number of carbonyl (C=O) groups excluding carboxylic acids is 1. The van der Waals surface area contributed by atoms with E-state index in [9.17, 15) is 13.4 Å².